The number of thiocarbonyl (C=S) groups is 1. The summed E-state index contributed by atoms with van der Waals surface area (Å²) in [5.41, 5.74) is 2.50. The standard InChI is InChI=1S/C15H16N4OS/c16-19(20)14-8-6-12(7-9-14)10-11-17-15(21)18-13-4-2-1-3-5-13/h1-9H,10-11H2,(H3-,16,17,18,20,21)/p+1. The molecule has 21 heavy (non-hydrogen) atoms. The lowest BCUT2D eigenvalue weighted by Crippen LogP contribution is -2.30. The third-order valence-electron chi connectivity index (χ3n) is 2.92. The molecule has 0 saturated heterocycles. The fourth-order valence-corrected chi connectivity index (χ4v) is 2.05. The molecule has 0 unspecified atom stereocenters. The molecule has 4 N–H and O–H groups in total. The molecule has 2 rings (SSSR count). The number of rotatable bonds is 5. The van der Waals surface area contributed by atoms with Gasteiger partial charge in [-0.1, -0.05) is 30.3 Å². The van der Waals surface area contributed by atoms with E-state index in [2.05, 4.69) is 10.6 Å². The van der Waals surface area contributed by atoms with Gasteiger partial charge in [-0.2, -0.15) is 5.84 Å². The van der Waals surface area contributed by atoms with Crippen LogP contribution < -0.4 is 16.5 Å². The first kappa shape index (κ1) is 14.9. The van der Waals surface area contributed by atoms with E-state index in [-0.39, 0.29) is 0 Å². The van der Waals surface area contributed by atoms with Crippen molar-refractivity contribution in [2.24, 2.45) is 5.84 Å². The number of hydrazine groups is 1. The Bertz CT molecular complexity index is 613. The van der Waals surface area contributed by atoms with Crippen molar-refractivity contribution < 1.29 is 4.87 Å². The van der Waals surface area contributed by atoms with Crippen molar-refractivity contribution in [3.63, 3.8) is 0 Å². The minimum Gasteiger partial charge on any atom is -0.362 e. The molecule has 0 radical (unpaired) electrons. The van der Waals surface area contributed by atoms with Crippen LogP contribution in [0.2, 0.25) is 0 Å². The van der Waals surface area contributed by atoms with Gasteiger partial charge >= 0.3 is 0 Å². The highest BCUT2D eigenvalue weighted by molar-refractivity contribution is 7.80. The average Bonchev–Trinajstić information content (AvgIpc) is 2.49. The molecule has 0 aliphatic carbocycles. The fraction of sp³-hybridized carbons (Fsp3) is 0.133. The van der Waals surface area contributed by atoms with Crippen LogP contribution >= 0.6 is 12.2 Å². The van der Waals surface area contributed by atoms with Gasteiger partial charge in [0.2, 0.25) is 0 Å². The molecule has 0 heterocycles. The van der Waals surface area contributed by atoms with Crippen molar-refractivity contribution in [3.05, 3.63) is 65.1 Å². The van der Waals surface area contributed by atoms with E-state index in [1.807, 2.05) is 42.5 Å². The Morgan fingerprint density at radius 3 is 2.38 bits per heavy atom. The summed E-state index contributed by atoms with van der Waals surface area (Å²) < 4.78 is 0. The molecule has 0 aromatic heterocycles. The molecule has 0 aliphatic heterocycles. The van der Waals surface area contributed by atoms with Gasteiger partial charge in [-0.05, 0) is 36.3 Å². The zero-order valence-corrected chi connectivity index (χ0v) is 12.3. The minimum atomic E-state index is 0.348. The number of nitrogens with zero attached hydrogens (tertiary/aromatic N) is 1. The Hall–Kier alpha value is -2.47. The van der Waals surface area contributed by atoms with E-state index in [1.54, 1.807) is 12.1 Å². The quantitative estimate of drug-likeness (QED) is 0.342. The Balaban J connectivity index is 1.76. The number of nitrogens with two attached hydrogens (primary N) is 1. The summed E-state index contributed by atoms with van der Waals surface area (Å²) >= 11 is 5.22. The highest BCUT2D eigenvalue weighted by Crippen LogP contribution is 2.10. The third kappa shape index (κ3) is 4.85. The monoisotopic (exact) mass is 301 g/mol. The maximum Gasteiger partial charge on any atom is 0.291 e. The fourth-order valence-electron chi connectivity index (χ4n) is 1.83. The molecular formula is C15H17N4OS+. The van der Waals surface area contributed by atoms with E-state index in [9.17, 15) is 4.91 Å². The van der Waals surface area contributed by atoms with Gasteiger partial charge in [0.05, 0.1) is 4.91 Å². The molecular weight excluding hydrogens is 284 g/mol. The predicted octanol–water partition coefficient (Wildman–Crippen LogP) is 2.50. The van der Waals surface area contributed by atoms with Crippen LogP contribution in [0.25, 0.3) is 0 Å². The van der Waals surface area contributed by atoms with Crippen LogP contribution in [0.1, 0.15) is 5.56 Å². The molecule has 2 aromatic rings. The summed E-state index contributed by atoms with van der Waals surface area (Å²) in [6, 6.07) is 16.9. The van der Waals surface area contributed by atoms with Gasteiger partial charge in [0.15, 0.2) is 9.98 Å². The molecule has 6 heteroatoms. The topological polar surface area (TPSA) is 70.2 Å². The van der Waals surface area contributed by atoms with Crippen LogP contribution in [-0.2, 0) is 6.42 Å². The molecule has 2 aromatic carbocycles. The van der Waals surface area contributed by atoms with E-state index in [0.29, 0.717) is 22.2 Å². The Morgan fingerprint density at radius 1 is 1.10 bits per heavy atom. The van der Waals surface area contributed by atoms with Gasteiger partial charge in [-0.3, -0.25) is 0 Å². The predicted molar refractivity (Wildman–Crippen MR) is 88.3 cm³/mol. The van der Waals surface area contributed by atoms with Crippen LogP contribution in [0.5, 0.6) is 0 Å². The van der Waals surface area contributed by atoms with Crippen molar-refractivity contribution in [1.29, 1.82) is 0 Å². The first-order chi connectivity index (χ1) is 10.1. The van der Waals surface area contributed by atoms with Gasteiger partial charge < -0.3 is 10.6 Å². The number of para-hydroxylation sites is 1. The lowest BCUT2D eigenvalue weighted by molar-refractivity contribution is -0.474. The van der Waals surface area contributed by atoms with Crippen LogP contribution in [0.4, 0.5) is 11.4 Å². The largest absolute Gasteiger partial charge is 0.362 e. The smallest absolute Gasteiger partial charge is 0.291 e. The van der Waals surface area contributed by atoms with Gasteiger partial charge in [0.1, 0.15) is 0 Å². The maximum atomic E-state index is 10.9. The molecule has 0 atom stereocenters. The first-order valence-corrected chi connectivity index (χ1v) is 6.97. The molecule has 0 spiro atoms. The SMILES string of the molecule is N[N+](=O)c1ccc(CCNC(=S)Nc2ccccc2)cc1. The van der Waals surface area contributed by atoms with E-state index in [4.69, 9.17) is 18.1 Å². The maximum absolute atomic E-state index is 10.9. The lowest BCUT2D eigenvalue weighted by Gasteiger charge is -2.10. The van der Waals surface area contributed by atoms with Crippen LogP contribution in [0, 0.1) is 4.91 Å². The minimum absolute atomic E-state index is 0.348. The number of nitrogens with one attached hydrogen (secondary N) is 2. The molecule has 0 amide bonds. The number of benzene rings is 2. The van der Waals surface area contributed by atoms with Crippen LogP contribution in [0.15, 0.2) is 54.6 Å². The van der Waals surface area contributed by atoms with Gasteiger partial charge in [-0.15, -0.1) is 0 Å². The van der Waals surface area contributed by atoms with Crippen molar-refractivity contribution in [3.8, 4) is 0 Å². The second-order valence-corrected chi connectivity index (χ2v) is 4.90. The van der Waals surface area contributed by atoms with Gasteiger partial charge in [0, 0.05) is 24.4 Å². The van der Waals surface area contributed by atoms with E-state index in [1.165, 1.54) is 0 Å². The van der Waals surface area contributed by atoms with Crippen LogP contribution in [-0.4, -0.2) is 16.5 Å². The first-order valence-electron chi connectivity index (χ1n) is 6.56. The van der Waals surface area contributed by atoms with Gasteiger partial charge in [-0.25, -0.2) is 0 Å². The summed E-state index contributed by atoms with van der Waals surface area (Å²) in [5, 5.41) is 6.84. The number of anilines is 1. The van der Waals surface area contributed by atoms with E-state index < -0.39 is 0 Å². The summed E-state index contributed by atoms with van der Waals surface area (Å²) in [5.74, 6) is 5.12. The summed E-state index contributed by atoms with van der Waals surface area (Å²) in [6.45, 7) is 0.710. The molecule has 0 aliphatic rings. The van der Waals surface area contributed by atoms with Gasteiger partial charge in [0.25, 0.3) is 5.69 Å². The van der Waals surface area contributed by atoms with Crippen molar-refractivity contribution >= 4 is 28.7 Å². The number of hydrogen-bond donors (Lipinski definition) is 3. The molecule has 108 valence electrons. The van der Waals surface area contributed by atoms with Crippen molar-refractivity contribution in [1.82, 2.24) is 5.32 Å². The Morgan fingerprint density at radius 2 is 1.76 bits per heavy atom. The Kier molecular flexibility index (Phi) is 5.22. The molecule has 0 bridgehead atoms. The molecule has 0 fully saturated rings. The highest BCUT2D eigenvalue weighted by atomic mass is 32.1. The number of hydrogen-bond acceptors (Lipinski definition) is 2. The second kappa shape index (κ2) is 7.35. The summed E-state index contributed by atoms with van der Waals surface area (Å²) in [7, 11) is 0. The average molecular weight is 301 g/mol. The zero-order valence-electron chi connectivity index (χ0n) is 11.5. The third-order valence-corrected chi connectivity index (χ3v) is 3.17. The number of nitroso groups, excluding NO2 is 1. The molecule has 0 saturated carbocycles. The Labute approximate surface area is 128 Å². The lowest BCUT2D eigenvalue weighted by atomic mass is 10.1. The van der Waals surface area contributed by atoms with E-state index >= 15 is 0 Å². The zero-order chi connectivity index (χ0) is 15.1. The summed E-state index contributed by atoms with van der Waals surface area (Å²) in [4.78, 5) is 11.2. The van der Waals surface area contributed by atoms with Crippen molar-refractivity contribution in [2.45, 2.75) is 6.42 Å². The molecule has 5 nitrogen and oxygen atoms in total. The van der Waals surface area contributed by atoms with E-state index in [0.717, 1.165) is 17.7 Å². The second-order valence-electron chi connectivity index (χ2n) is 4.49. The normalized spacial score (nSPS) is 9.90. The highest BCUT2D eigenvalue weighted by Gasteiger charge is 2.06. The van der Waals surface area contributed by atoms with Crippen molar-refractivity contribution in [2.75, 3.05) is 11.9 Å². The summed E-state index contributed by atoms with van der Waals surface area (Å²) in [6.07, 6.45) is 0.806. The van der Waals surface area contributed by atoms with Crippen LogP contribution in [0.3, 0.4) is 0 Å².